The third-order valence-electron chi connectivity index (χ3n) is 4.15. The molecule has 138 valence electrons. The largest absolute Gasteiger partial charge is 0.402 e. The van der Waals surface area contributed by atoms with Crippen LogP contribution in [0.25, 0.3) is 11.8 Å². The van der Waals surface area contributed by atoms with E-state index in [1.165, 1.54) is 12.4 Å². The molecule has 28 heavy (non-hydrogen) atoms. The zero-order valence-corrected chi connectivity index (χ0v) is 14.6. The maximum atomic E-state index is 12.1. The van der Waals surface area contributed by atoms with Gasteiger partial charge in [-0.3, -0.25) is 10.1 Å². The van der Waals surface area contributed by atoms with Gasteiger partial charge in [0.1, 0.15) is 12.7 Å². The number of nitro benzene ring substituents is 1. The van der Waals surface area contributed by atoms with Crippen molar-refractivity contribution in [1.29, 1.82) is 0 Å². The molecular formula is C19H13N5O4. The van der Waals surface area contributed by atoms with E-state index in [1.807, 2.05) is 24.3 Å². The number of carbonyl (C=O) groups excluding carboxylic acids is 1. The quantitative estimate of drug-likeness (QED) is 0.300. The van der Waals surface area contributed by atoms with Crippen LogP contribution in [0, 0.1) is 17.0 Å². The van der Waals surface area contributed by atoms with Crippen molar-refractivity contribution in [3.8, 4) is 5.69 Å². The molecule has 2 aromatic carbocycles. The van der Waals surface area contributed by atoms with Gasteiger partial charge in [0.25, 0.3) is 5.69 Å². The Kier molecular flexibility index (Phi) is 4.24. The molecule has 0 bridgehead atoms. The van der Waals surface area contributed by atoms with Gasteiger partial charge in [0, 0.05) is 17.2 Å². The number of cyclic esters (lactones) is 1. The molecule has 0 atom stereocenters. The minimum Gasteiger partial charge on any atom is -0.402 e. The number of aromatic nitrogens is 3. The minimum absolute atomic E-state index is 0.0404. The van der Waals surface area contributed by atoms with E-state index in [0.717, 1.165) is 11.3 Å². The Bertz CT molecular complexity index is 1130. The van der Waals surface area contributed by atoms with Gasteiger partial charge in [-0.05, 0) is 36.8 Å². The van der Waals surface area contributed by atoms with Crippen molar-refractivity contribution in [3.63, 3.8) is 0 Å². The second-order valence-electron chi connectivity index (χ2n) is 6.03. The third kappa shape index (κ3) is 3.28. The number of benzene rings is 2. The van der Waals surface area contributed by atoms with Gasteiger partial charge in [-0.2, -0.15) is 5.10 Å². The van der Waals surface area contributed by atoms with E-state index >= 15 is 0 Å². The Balaban J connectivity index is 1.62. The maximum absolute atomic E-state index is 12.1. The number of aliphatic imine (C=N–C) groups is 1. The summed E-state index contributed by atoms with van der Waals surface area (Å²) in [6.45, 7) is 1.64. The van der Waals surface area contributed by atoms with Gasteiger partial charge >= 0.3 is 5.97 Å². The molecule has 3 aromatic rings. The summed E-state index contributed by atoms with van der Waals surface area (Å²) in [7, 11) is 0. The normalized spacial score (nSPS) is 14.8. The lowest BCUT2D eigenvalue weighted by atomic mass is 10.1. The van der Waals surface area contributed by atoms with Crippen LogP contribution in [0.15, 0.2) is 65.8 Å². The van der Waals surface area contributed by atoms with E-state index in [4.69, 9.17) is 4.74 Å². The van der Waals surface area contributed by atoms with Crippen LogP contribution in [0.5, 0.6) is 0 Å². The summed E-state index contributed by atoms with van der Waals surface area (Å²) in [5.41, 5.74) is 2.52. The van der Waals surface area contributed by atoms with Gasteiger partial charge in [-0.15, -0.1) is 0 Å². The lowest BCUT2D eigenvalue weighted by molar-refractivity contribution is -0.385. The first-order valence-corrected chi connectivity index (χ1v) is 8.24. The summed E-state index contributed by atoms with van der Waals surface area (Å²) in [5.74, 6) is -0.572. The smallest absolute Gasteiger partial charge is 0.363 e. The lowest BCUT2D eigenvalue weighted by Crippen LogP contribution is -2.06. The van der Waals surface area contributed by atoms with Gasteiger partial charge in [0.05, 0.1) is 10.6 Å². The predicted molar refractivity (Wildman–Crippen MR) is 99.8 cm³/mol. The van der Waals surface area contributed by atoms with E-state index in [0.29, 0.717) is 11.1 Å². The standard InChI is InChI=1S/C19H13N5O4/c1-12-2-5-14(9-17(12)24(26)27)18-22-16(19(25)28-18)8-13-3-6-15(7-4-13)23-11-20-10-21-23/h2-11H,1H3. The number of nitrogens with zero attached hydrogens (tertiary/aromatic N) is 5. The van der Waals surface area contributed by atoms with Gasteiger partial charge in [0.2, 0.25) is 5.90 Å². The molecule has 0 saturated carbocycles. The first-order chi connectivity index (χ1) is 13.5. The van der Waals surface area contributed by atoms with E-state index in [9.17, 15) is 14.9 Å². The number of ether oxygens (including phenoxy) is 1. The number of esters is 1. The van der Waals surface area contributed by atoms with Gasteiger partial charge in [-0.1, -0.05) is 18.2 Å². The molecule has 0 radical (unpaired) electrons. The summed E-state index contributed by atoms with van der Waals surface area (Å²) >= 11 is 0. The minimum atomic E-state index is -0.612. The molecule has 9 nitrogen and oxygen atoms in total. The molecule has 0 fully saturated rings. The van der Waals surface area contributed by atoms with Crippen molar-refractivity contribution in [2.75, 3.05) is 0 Å². The van der Waals surface area contributed by atoms with E-state index < -0.39 is 10.9 Å². The summed E-state index contributed by atoms with van der Waals surface area (Å²) in [5, 5.41) is 15.2. The number of carbonyl (C=O) groups is 1. The van der Waals surface area contributed by atoms with Crippen molar-refractivity contribution >= 4 is 23.6 Å². The van der Waals surface area contributed by atoms with Crippen molar-refractivity contribution in [2.45, 2.75) is 6.92 Å². The zero-order valence-electron chi connectivity index (χ0n) is 14.6. The molecule has 0 unspecified atom stereocenters. The average molecular weight is 375 g/mol. The third-order valence-corrected chi connectivity index (χ3v) is 4.15. The summed E-state index contributed by atoms with van der Waals surface area (Å²) in [6.07, 6.45) is 4.61. The van der Waals surface area contributed by atoms with Crippen molar-refractivity contribution in [2.24, 2.45) is 4.99 Å². The molecule has 0 saturated heterocycles. The molecular weight excluding hydrogens is 362 g/mol. The van der Waals surface area contributed by atoms with Crippen LogP contribution in [0.3, 0.4) is 0 Å². The fraction of sp³-hybridized carbons (Fsp3) is 0.0526. The molecule has 0 amide bonds. The van der Waals surface area contributed by atoms with Crippen molar-refractivity contribution < 1.29 is 14.5 Å². The fourth-order valence-corrected chi connectivity index (χ4v) is 2.69. The fourth-order valence-electron chi connectivity index (χ4n) is 2.69. The molecule has 1 aliphatic rings. The Morgan fingerprint density at radius 3 is 2.64 bits per heavy atom. The Hall–Kier alpha value is -4.14. The second-order valence-corrected chi connectivity index (χ2v) is 6.03. The lowest BCUT2D eigenvalue weighted by Gasteiger charge is -2.01. The SMILES string of the molecule is Cc1ccc(C2=NC(=Cc3ccc(-n4cncn4)cc3)C(=O)O2)cc1[N+](=O)[O-]. The van der Waals surface area contributed by atoms with Gasteiger partial charge < -0.3 is 4.74 Å². The highest BCUT2D eigenvalue weighted by molar-refractivity contribution is 6.13. The number of hydrogen-bond acceptors (Lipinski definition) is 7. The Labute approximate surface area is 158 Å². The first kappa shape index (κ1) is 17.3. The number of aryl methyl sites for hydroxylation is 1. The predicted octanol–water partition coefficient (Wildman–Crippen LogP) is 2.83. The first-order valence-electron chi connectivity index (χ1n) is 8.24. The second kappa shape index (κ2) is 6.88. The number of rotatable bonds is 4. The topological polar surface area (TPSA) is 113 Å². The van der Waals surface area contributed by atoms with E-state index in [2.05, 4.69) is 15.1 Å². The highest BCUT2D eigenvalue weighted by Crippen LogP contribution is 2.24. The summed E-state index contributed by atoms with van der Waals surface area (Å²) in [4.78, 5) is 30.9. The highest BCUT2D eigenvalue weighted by atomic mass is 16.6. The van der Waals surface area contributed by atoms with Gasteiger partial charge in [0.15, 0.2) is 5.70 Å². The van der Waals surface area contributed by atoms with Crippen LogP contribution in [-0.2, 0) is 9.53 Å². The molecule has 4 rings (SSSR count). The molecule has 1 aliphatic heterocycles. The highest BCUT2D eigenvalue weighted by Gasteiger charge is 2.25. The van der Waals surface area contributed by atoms with E-state index in [-0.39, 0.29) is 17.3 Å². The molecule has 0 N–H and O–H groups in total. The van der Waals surface area contributed by atoms with Crippen LogP contribution >= 0.6 is 0 Å². The van der Waals surface area contributed by atoms with E-state index in [1.54, 1.807) is 36.1 Å². The molecule has 1 aromatic heterocycles. The number of nitro groups is 1. The van der Waals surface area contributed by atoms with Crippen LogP contribution < -0.4 is 0 Å². The summed E-state index contributed by atoms with van der Waals surface area (Å²) < 4.78 is 6.80. The Morgan fingerprint density at radius 1 is 1.18 bits per heavy atom. The van der Waals surface area contributed by atoms with Crippen molar-refractivity contribution in [3.05, 3.63) is 87.6 Å². The maximum Gasteiger partial charge on any atom is 0.363 e. The van der Waals surface area contributed by atoms with Crippen LogP contribution in [0.2, 0.25) is 0 Å². The Morgan fingerprint density at radius 2 is 1.96 bits per heavy atom. The van der Waals surface area contributed by atoms with Crippen molar-refractivity contribution in [1.82, 2.24) is 14.8 Å². The summed E-state index contributed by atoms with van der Waals surface area (Å²) in [6, 6.07) is 11.8. The molecule has 0 spiro atoms. The van der Waals surface area contributed by atoms with Crippen LogP contribution in [0.1, 0.15) is 16.7 Å². The molecule has 0 aliphatic carbocycles. The molecule has 2 heterocycles. The average Bonchev–Trinajstić information content (AvgIpc) is 3.33. The van der Waals surface area contributed by atoms with Crippen LogP contribution in [-0.4, -0.2) is 31.6 Å². The van der Waals surface area contributed by atoms with Crippen LogP contribution in [0.4, 0.5) is 5.69 Å². The zero-order chi connectivity index (χ0) is 19.7. The monoisotopic (exact) mass is 375 g/mol. The van der Waals surface area contributed by atoms with Gasteiger partial charge in [-0.25, -0.2) is 19.5 Å². The molecule has 9 heteroatoms. The number of hydrogen-bond donors (Lipinski definition) is 0.